The summed E-state index contributed by atoms with van der Waals surface area (Å²) in [6.45, 7) is 1.91. The van der Waals surface area contributed by atoms with Crippen LogP contribution < -0.4 is 5.32 Å². The number of fused-ring (bicyclic) bond motifs is 2. The molecule has 1 amide bonds. The fraction of sp³-hybridized carbons (Fsp3) is 0.261. The first-order chi connectivity index (χ1) is 14.7. The van der Waals surface area contributed by atoms with Gasteiger partial charge in [0.2, 0.25) is 5.91 Å². The predicted octanol–water partition coefficient (Wildman–Crippen LogP) is 6.01. The normalized spacial score (nSPS) is 15.8. The number of thiophene rings is 2. The Labute approximate surface area is 187 Å². The molecule has 0 fully saturated rings. The lowest BCUT2D eigenvalue weighted by atomic mass is 9.88. The van der Waals surface area contributed by atoms with Gasteiger partial charge in [-0.15, -0.1) is 22.7 Å². The molecule has 0 spiro atoms. The number of hydrogen-bond acceptors (Lipinski definition) is 6. The van der Waals surface area contributed by atoms with Crippen molar-refractivity contribution >= 4 is 50.6 Å². The maximum absolute atomic E-state index is 12.8. The fourth-order valence-electron chi connectivity index (χ4n) is 4.00. The molecule has 0 saturated carbocycles. The molecule has 5 rings (SSSR count). The Morgan fingerprint density at radius 1 is 1.20 bits per heavy atom. The monoisotopic (exact) mass is 451 g/mol. The number of thioether (sulfide) groups is 1. The summed E-state index contributed by atoms with van der Waals surface area (Å²) in [6, 6.07) is 12.7. The third-order valence-electron chi connectivity index (χ3n) is 5.34. The number of carbonyl (C=O) groups is 1. The van der Waals surface area contributed by atoms with Gasteiger partial charge in [0.15, 0.2) is 0 Å². The van der Waals surface area contributed by atoms with Crippen LogP contribution in [0.3, 0.4) is 0 Å². The van der Waals surface area contributed by atoms with Crippen molar-refractivity contribution < 1.29 is 4.79 Å². The second kappa shape index (κ2) is 8.49. The molecular weight excluding hydrogens is 430 g/mol. The molecule has 1 atom stereocenters. The van der Waals surface area contributed by atoms with Gasteiger partial charge in [-0.1, -0.05) is 42.1 Å². The number of hydrogen-bond donors (Lipinski definition) is 1. The Bertz CT molecular complexity index is 1200. The Kier molecular flexibility index (Phi) is 5.58. The van der Waals surface area contributed by atoms with E-state index in [1.807, 2.05) is 6.92 Å². The van der Waals surface area contributed by atoms with Crippen LogP contribution in [0.2, 0.25) is 0 Å². The molecule has 3 aromatic heterocycles. The van der Waals surface area contributed by atoms with Gasteiger partial charge in [0.1, 0.15) is 15.7 Å². The number of carbonyl (C=O) groups excluding carboxylic acids is 1. The largest absolute Gasteiger partial charge is 0.349 e. The van der Waals surface area contributed by atoms with Gasteiger partial charge in [0.25, 0.3) is 0 Å². The van der Waals surface area contributed by atoms with Crippen LogP contribution in [-0.4, -0.2) is 21.6 Å². The molecule has 0 bridgehead atoms. The van der Waals surface area contributed by atoms with Crippen molar-refractivity contribution in [3.05, 3.63) is 64.1 Å². The summed E-state index contributed by atoms with van der Waals surface area (Å²) in [4.78, 5) is 24.3. The van der Waals surface area contributed by atoms with Crippen molar-refractivity contribution in [1.29, 1.82) is 0 Å². The van der Waals surface area contributed by atoms with Gasteiger partial charge in [0, 0.05) is 15.8 Å². The summed E-state index contributed by atoms with van der Waals surface area (Å²) >= 11 is 4.86. The molecule has 30 heavy (non-hydrogen) atoms. The topological polar surface area (TPSA) is 54.9 Å². The van der Waals surface area contributed by atoms with Crippen molar-refractivity contribution in [2.24, 2.45) is 0 Å². The summed E-state index contributed by atoms with van der Waals surface area (Å²) in [6.07, 6.45) is 3.20. The second-order valence-electron chi connectivity index (χ2n) is 7.38. The highest BCUT2D eigenvalue weighted by molar-refractivity contribution is 8.00. The number of aryl methyl sites for hydroxylation is 2. The number of rotatable bonds is 5. The zero-order valence-electron chi connectivity index (χ0n) is 16.6. The van der Waals surface area contributed by atoms with Crippen molar-refractivity contribution in [1.82, 2.24) is 15.3 Å². The van der Waals surface area contributed by atoms with Gasteiger partial charge in [0.05, 0.1) is 17.2 Å². The van der Waals surface area contributed by atoms with E-state index in [0.29, 0.717) is 5.75 Å². The standard InChI is InChI=1S/C23H21N3OS3/c1-14-24-22-21(17(12-29-22)19-10-5-11-28-19)23(25-14)30-13-20(27)26-18-9-4-7-15-6-2-3-8-16(15)18/h2-3,5-6,8,10-12,18H,4,7,9,13H2,1H3,(H,26,27)/t18-/m1/s1. The van der Waals surface area contributed by atoms with Crippen molar-refractivity contribution in [2.75, 3.05) is 5.75 Å². The molecule has 1 N–H and O–H groups in total. The maximum Gasteiger partial charge on any atom is 0.230 e. The molecule has 1 aromatic carbocycles. The van der Waals surface area contributed by atoms with Crippen molar-refractivity contribution in [3.63, 3.8) is 0 Å². The SMILES string of the molecule is Cc1nc(SCC(=O)N[C@@H]2CCCc3ccccc32)c2c(-c3cccs3)csc2n1. The lowest BCUT2D eigenvalue weighted by molar-refractivity contribution is -0.119. The summed E-state index contributed by atoms with van der Waals surface area (Å²) in [5, 5.41) is 9.43. The summed E-state index contributed by atoms with van der Waals surface area (Å²) in [5.74, 6) is 1.15. The summed E-state index contributed by atoms with van der Waals surface area (Å²) < 4.78 is 0. The van der Waals surface area contributed by atoms with Gasteiger partial charge < -0.3 is 5.32 Å². The summed E-state index contributed by atoms with van der Waals surface area (Å²) in [5.41, 5.74) is 3.78. The minimum atomic E-state index is 0.0546. The molecule has 0 aliphatic heterocycles. The van der Waals surface area contributed by atoms with Crippen LogP contribution in [0.5, 0.6) is 0 Å². The number of amides is 1. The molecule has 0 saturated heterocycles. The number of aromatic nitrogens is 2. The second-order valence-corrected chi connectivity index (χ2v) is 10.2. The zero-order chi connectivity index (χ0) is 20.5. The molecule has 1 aliphatic carbocycles. The molecule has 4 aromatic rings. The number of nitrogens with one attached hydrogen (secondary N) is 1. The number of nitrogens with zero attached hydrogens (tertiary/aromatic N) is 2. The lowest BCUT2D eigenvalue weighted by Crippen LogP contribution is -2.32. The highest BCUT2D eigenvalue weighted by Crippen LogP contribution is 2.40. The van der Waals surface area contributed by atoms with Crippen LogP contribution >= 0.6 is 34.4 Å². The van der Waals surface area contributed by atoms with E-state index in [0.717, 1.165) is 45.9 Å². The third kappa shape index (κ3) is 3.89. The molecular formula is C23H21N3OS3. The smallest absolute Gasteiger partial charge is 0.230 e. The summed E-state index contributed by atoms with van der Waals surface area (Å²) in [7, 11) is 0. The Balaban J connectivity index is 1.35. The minimum Gasteiger partial charge on any atom is -0.349 e. The zero-order valence-corrected chi connectivity index (χ0v) is 19.0. The van der Waals surface area contributed by atoms with E-state index in [9.17, 15) is 4.79 Å². The van der Waals surface area contributed by atoms with E-state index in [1.54, 1.807) is 22.7 Å². The molecule has 1 aliphatic rings. The van der Waals surface area contributed by atoms with Crippen LogP contribution in [0.4, 0.5) is 0 Å². The quantitative estimate of drug-likeness (QED) is 0.298. The van der Waals surface area contributed by atoms with E-state index in [1.165, 1.54) is 27.8 Å². The fourth-order valence-corrected chi connectivity index (χ4v) is 6.77. The Morgan fingerprint density at radius 2 is 2.10 bits per heavy atom. The molecule has 7 heteroatoms. The van der Waals surface area contributed by atoms with Crippen LogP contribution in [-0.2, 0) is 11.2 Å². The molecule has 4 nitrogen and oxygen atoms in total. The maximum atomic E-state index is 12.8. The minimum absolute atomic E-state index is 0.0546. The molecule has 0 unspecified atom stereocenters. The Hall–Kier alpha value is -2.22. The first kappa shape index (κ1) is 19.7. The molecule has 152 valence electrons. The van der Waals surface area contributed by atoms with Crippen molar-refractivity contribution in [2.45, 2.75) is 37.3 Å². The van der Waals surface area contributed by atoms with Crippen LogP contribution in [0, 0.1) is 6.92 Å². The third-order valence-corrected chi connectivity index (χ3v) is 8.09. The highest BCUT2D eigenvalue weighted by Gasteiger charge is 2.22. The van der Waals surface area contributed by atoms with Crippen LogP contribution in [0.15, 0.2) is 52.2 Å². The van der Waals surface area contributed by atoms with Gasteiger partial charge >= 0.3 is 0 Å². The van der Waals surface area contributed by atoms with Crippen molar-refractivity contribution in [3.8, 4) is 10.4 Å². The van der Waals surface area contributed by atoms with E-state index < -0.39 is 0 Å². The van der Waals surface area contributed by atoms with Gasteiger partial charge in [-0.25, -0.2) is 9.97 Å². The van der Waals surface area contributed by atoms with E-state index in [4.69, 9.17) is 0 Å². The van der Waals surface area contributed by atoms with E-state index >= 15 is 0 Å². The van der Waals surface area contributed by atoms with Crippen LogP contribution in [0.25, 0.3) is 20.7 Å². The molecule has 0 radical (unpaired) electrons. The van der Waals surface area contributed by atoms with E-state index in [2.05, 4.69) is 62.4 Å². The average Bonchev–Trinajstić information content (AvgIpc) is 3.42. The first-order valence-corrected chi connectivity index (χ1v) is 12.7. The van der Waals surface area contributed by atoms with Gasteiger partial charge in [-0.3, -0.25) is 4.79 Å². The number of benzene rings is 1. The average molecular weight is 452 g/mol. The lowest BCUT2D eigenvalue weighted by Gasteiger charge is -2.26. The van der Waals surface area contributed by atoms with E-state index in [-0.39, 0.29) is 11.9 Å². The predicted molar refractivity (Wildman–Crippen MR) is 126 cm³/mol. The first-order valence-electron chi connectivity index (χ1n) is 9.99. The Morgan fingerprint density at radius 3 is 2.97 bits per heavy atom. The molecule has 3 heterocycles. The van der Waals surface area contributed by atoms with Gasteiger partial charge in [-0.2, -0.15) is 0 Å². The van der Waals surface area contributed by atoms with Gasteiger partial charge in [-0.05, 0) is 48.8 Å². The van der Waals surface area contributed by atoms with Crippen LogP contribution in [0.1, 0.15) is 35.8 Å². The highest BCUT2D eigenvalue weighted by atomic mass is 32.2.